The molecule has 1 rings (SSSR count). The smallest absolute Gasteiger partial charge is 0.210 e. The van der Waals surface area contributed by atoms with Crippen molar-refractivity contribution in [1.82, 2.24) is 4.72 Å². The first kappa shape index (κ1) is 12.9. The summed E-state index contributed by atoms with van der Waals surface area (Å²) in [5, 5.41) is 1.74. The molecule has 84 valence electrons. The Bertz CT molecular complexity index is 437. The lowest BCUT2D eigenvalue weighted by atomic mass is 10.4. The molecule has 0 aromatic carbocycles. The first-order valence-corrected chi connectivity index (χ1v) is 7.57. The standard InChI is InChI=1S/C9H12BrNO2S2/c1-2-3-4-6-11-15(12,13)9-8(10)5-7-14-9/h2-3,5,7,11H,4,6H2,1H3/b3-2+. The Morgan fingerprint density at radius 2 is 2.33 bits per heavy atom. The second-order valence-corrected chi connectivity index (χ2v) is 6.54. The van der Waals surface area contributed by atoms with Crippen LogP contribution in [0.25, 0.3) is 0 Å². The van der Waals surface area contributed by atoms with E-state index in [1.165, 1.54) is 11.3 Å². The molecule has 0 saturated carbocycles. The second kappa shape index (κ2) is 5.79. The van der Waals surface area contributed by atoms with Crippen LogP contribution in [0.5, 0.6) is 0 Å². The molecule has 0 aliphatic rings. The Kier molecular flexibility index (Phi) is 4.98. The van der Waals surface area contributed by atoms with Gasteiger partial charge in [-0.25, -0.2) is 13.1 Å². The summed E-state index contributed by atoms with van der Waals surface area (Å²) in [6.07, 6.45) is 4.53. The number of rotatable bonds is 5. The molecule has 0 spiro atoms. The van der Waals surface area contributed by atoms with E-state index in [1.807, 2.05) is 19.1 Å². The molecule has 0 bridgehead atoms. The molecular formula is C9H12BrNO2S2. The fraction of sp³-hybridized carbons (Fsp3) is 0.333. The molecule has 1 aromatic heterocycles. The molecule has 1 aromatic rings. The van der Waals surface area contributed by atoms with Gasteiger partial charge in [-0.05, 0) is 40.7 Å². The minimum atomic E-state index is -3.34. The highest BCUT2D eigenvalue weighted by atomic mass is 79.9. The maximum atomic E-state index is 11.7. The Labute approximate surface area is 102 Å². The van der Waals surface area contributed by atoms with Crippen molar-refractivity contribution in [2.75, 3.05) is 6.54 Å². The fourth-order valence-corrected chi connectivity index (χ4v) is 4.41. The highest BCUT2D eigenvalue weighted by Crippen LogP contribution is 2.27. The maximum absolute atomic E-state index is 11.7. The number of nitrogens with one attached hydrogen (secondary N) is 1. The van der Waals surface area contributed by atoms with Crippen LogP contribution in [0.15, 0.2) is 32.3 Å². The summed E-state index contributed by atoms with van der Waals surface area (Å²) in [4.78, 5) is 0. The van der Waals surface area contributed by atoms with Gasteiger partial charge in [0.15, 0.2) is 0 Å². The lowest BCUT2D eigenvalue weighted by Crippen LogP contribution is -2.23. The van der Waals surface area contributed by atoms with E-state index in [-0.39, 0.29) is 0 Å². The van der Waals surface area contributed by atoms with Crippen molar-refractivity contribution >= 4 is 37.3 Å². The van der Waals surface area contributed by atoms with Crippen molar-refractivity contribution in [2.45, 2.75) is 17.6 Å². The van der Waals surface area contributed by atoms with Crippen LogP contribution in [0.4, 0.5) is 0 Å². The molecular weight excluding hydrogens is 298 g/mol. The second-order valence-electron chi connectivity index (χ2n) is 2.81. The predicted octanol–water partition coefficient (Wildman–Crippen LogP) is 2.76. The van der Waals surface area contributed by atoms with Crippen LogP contribution in [0.3, 0.4) is 0 Å². The summed E-state index contributed by atoms with van der Waals surface area (Å²) in [5.74, 6) is 0. The third kappa shape index (κ3) is 3.71. The molecule has 0 atom stereocenters. The molecule has 3 nitrogen and oxygen atoms in total. The molecule has 0 fully saturated rings. The van der Waals surface area contributed by atoms with Crippen molar-refractivity contribution in [2.24, 2.45) is 0 Å². The Hall–Kier alpha value is -0.170. The molecule has 0 radical (unpaired) electrons. The van der Waals surface area contributed by atoms with E-state index in [0.717, 1.165) is 0 Å². The van der Waals surface area contributed by atoms with Gasteiger partial charge in [0, 0.05) is 11.0 Å². The van der Waals surface area contributed by atoms with Gasteiger partial charge in [-0.15, -0.1) is 11.3 Å². The summed E-state index contributed by atoms with van der Waals surface area (Å²) in [5.41, 5.74) is 0. The van der Waals surface area contributed by atoms with Crippen LogP contribution in [0.2, 0.25) is 0 Å². The SMILES string of the molecule is C/C=C/CCNS(=O)(=O)c1sccc1Br. The van der Waals surface area contributed by atoms with E-state index >= 15 is 0 Å². The van der Waals surface area contributed by atoms with Gasteiger partial charge in [0.05, 0.1) is 0 Å². The van der Waals surface area contributed by atoms with E-state index in [4.69, 9.17) is 0 Å². The molecule has 0 unspecified atom stereocenters. The molecule has 0 saturated heterocycles. The average Bonchev–Trinajstić information content (AvgIpc) is 2.60. The number of hydrogen-bond donors (Lipinski definition) is 1. The van der Waals surface area contributed by atoms with Gasteiger partial charge in [-0.1, -0.05) is 12.2 Å². The van der Waals surface area contributed by atoms with Crippen LogP contribution in [0.1, 0.15) is 13.3 Å². The molecule has 0 aliphatic carbocycles. The van der Waals surface area contributed by atoms with Crippen LogP contribution in [0, 0.1) is 0 Å². The number of hydrogen-bond acceptors (Lipinski definition) is 3. The molecule has 1 N–H and O–H groups in total. The predicted molar refractivity (Wildman–Crippen MR) is 66.6 cm³/mol. The van der Waals surface area contributed by atoms with Crippen molar-refractivity contribution in [3.05, 3.63) is 28.1 Å². The van der Waals surface area contributed by atoms with Gasteiger partial charge in [0.25, 0.3) is 10.0 Å². The first-order valence-electron chi connectivity index (χ1n) is 4.41. The minimum absolute atomic E-state index is 0.336. The Morgan fingerprint density at radius 3 is 2.87 bits per heavy atom. The van der Waals surface area contributed by atoms with Crippen LogP contribution in [-0.2, 0) is 10.0 Å². The van der Waals surface area contributed by atoms with E-state index < -0.39 is 10.0 Å². The summed E-state index contributed by atoms with van der Waals surface area (Å²) in [6, 6.07) is 1.73. The van der Waals surface area contributed by atoms with Gasteiger partial charge in [-0.3, -0.25) is 0 Å². The number of allylic oxidation sites excluding steroid dienone is 1. The van der Waals surface area contributed by atoms with Crippen molar-refractivity contribution < 1.29 is 8.42 Å². The zero-order valence-corrected chi connectivity index (χ0v) is 11.5. The summed E-state index contributed by atoms with van der Waals surface area (Å²) >= 11 is 4.41. The molecule has 15 heavy (non-hydrogen) atoms. The first-order chi connectivity index (χ1) is 7.08. The zero-order valence-electron chi connectivity index (χ0n) is 8.23. The van der Waals surface area contributed by atoms with E-state index in [2.05, 4.69) is 20.7 Å². The fourth-order valence-electron chi connectivity index (χ4n) is 0.980. The zero-order chi connectivity index (χ0) is 11.3. The summed E-state index contributed by atoms with van der Waals surface area (Å²) < 4.78 is 26.9. The van der Waals surface area contributed by atoms with Crippen molar-refractivity contribution in [1.29, 1.82) is 0 Å². The van der Waals surface area contributed by atoms with E-state index in [1.54, 1.807) is 11.4 Å². The molecule has 6 heteroatoms. The number of thiophene rings is 1. The monoisotopic (exact) mass is 309 g/mol. The van der Waals surface area contributed by atoms with Gasteiger partial charge < -0.3 is 0 Å². The van der Waals surface area contributed by atoms with Crippen LogP contribution < -0.4 is 4.72 Å². The quantitative estimate of drug-likeness (QED) is 0.671. The normalized spacial score (nSPS) is 12.4. The Morgan fingerprint density at radius 1 is 1.60 bits per heavy atom. The van der Waals surface area contributed by atoms with E-state index in [0.29, 0.717) is 21.6 Å². The minimum Gasteiger partial charge on any atom is -0.210 e. The highest BCUT2D eigenvalue weighted by molar-refractivity contribution is 9.10. The lowest BCUT2D eigenvalue weighted by Gasteiger charge is -2.03. The topological polar surface area (TPSA) is 46.2 Å². The third-order valence-corrected chi connectivity index (χ3v) is 5.80. The lowest BCUT2D eigenvalue weighted by molar-refractivity contribution is 0.584. The van der Waals surface area contributed by atoms with Crippen molar-refractivity contribution in [3.8, 4) is 0 Å². The molecule has 1 heterocycles. The van der Waals surface area contributed by atoms with E-state index in [9.17, 15) is 8.42 Å². The molecule has 0 amide bonds. The Balaban J connectivity index is 2.65. The van der Waals surface area contributed by atoms with Crippen LogP contribution in [-0.4, -0.2) is 15.0 Å². The van der Waals surface area contributed by atoms with Gasteiger partial charge >= 0.3 is 0 Å². The maximum Gasteiger partial charge on any atom is 0.251 e. The van der Waals surface area contributed by atoms with Gasteiger partial charge in [0.1, 0.15) is 4.21 Å². The van der Waals surface area contributed by atoms with Crippen LogP contribution >= 0.6 is 27.3 Å². The van der Waals surface area contributed by atoms with Gasteiger partial charge in [0.2, 0.25) is 0 Å². The van der Waals surface area contributed by atoms with Crippen molar-refractivity contribution in [3.63, 3.8) is 0 Å². The third-order valence-electron chi connectivity index (χ3n) is 1.67. The molecule has 0 aliphatic heterocycles. The number of halogens is 1. The highest BCUT2D eigenvalue weighted by Gasteiger charge is 2.17. The largest absolute Gasteiger partial charge is 0.251 e. The summed E-state index contributed by atoms with van der Waals surface area (Å²) in [7, 11) is -3.34. The number of sulfonamides is 1. The van der Waals surface area contributed by atoms with Gasteiger partial charge in [-0.2, -0.15) is 0 Å². The summed E-state index contributed by atoms with van der Waals surface area (Å²) in [6.45, 7) is 2.33. The average molecular weight is 310 g/mol.